The van der Waals surface area contributed by atoms with Gasteiger partial charge in [-0.25, -0.2) is 0 Å². The number of benzene rings is 3. The smallest absolute Gasteiger partial charge is 0.259 e. The van der Waals surface area contributed by atoms with Crippen LogP contribution in [0, 0.1) is 0 Å². The van der Waals surface area contributed by atoms with E-state index in [1.165, 1.54) is 0 Å². The molecule has 3 N–H and O–H groups in total. The Morgan fingerprint density at radius 3 is 2.52 bits per heavy atom. The zero-order valence-corrected chi connectivity index (χ0v) is 16.9. The number of aliphatic hydroxyl groups excluding tert-OH is 1. The molecule has 0 aliphatic carbocycles. The van der Waals surface area contributed by atoms with Gasteiger partial charge in [0, 0.05) is 39.1 Å². The number of fused-ring (bicyclic) bond motifs is 5. The van der Waals surface area contributed by atoms with Crippen molar-refractivity contribution >= 4 is 57.3 Å². The molecule has 1 aromatic heterocycles. The van der Waals surface area contributed by atoms with Crippen LogP contribution in [0.1, 0.15) is 20.7 Å². The van der Waals surface area contributed by atoms with E-state index in [1.807, 2.05) is 22.8 Å². The number of carbonyl (C=O) groups is 3. The second kappa shape index (κ2) is 7.23. The third-order valence-corrected chi connectivity index (χ3v) is 5.88. The molecule has 0 fully saturated rings. The minimum absolute atomic E-state index is 0.114. The number of carbonyl (C=O) groups excluding carboxylic acids is 3. The monoisotopic (exact) mass is 433 g/mol. The number of aliphatic hydroxyl groups is 1. The Hall–Kier alpha value is -3.68. The van der Waals surface area contributed by atoms with Crippen LogP contribution in [0.2, 0.25) is 5.02 Å². The molecule has 0 bridgehead atoms. The number of nitrogens with one attached hydrogen (secondary N) is 2. The molecule has 0 spiro atoms. The van der Waals surface area contributed by atoms with Gasteiger partial charge in [-0.05, 0) is 35.9 Å². The maximum atomic E-state index is 12.9. The first-order chi connectivity index (χ1) is 15.0. The van der Waals surface area contributed by atoms with Crippen LogP contribution in [-0.4, -0.2) is 34.5 Å². The highest BCUT2D eigenvalue weighted by Crippen LogP contribution is 2.42. The molecular formula is C23H16ClN3O4. The average molecular weight is 434 g/mol. The topological polar surface area (TPSA) is 100 Å². The van der Waals surface area contributed by atoms with Crippen molar-refractivity contribution in [2.75, 3.05) is 11.9 Å². The largest absolute Gasteiger partial charge is 0.395 e. The van der Waals surface area contributed by atoms with E-state index in [2.05, 4.69) is 10.6 Å². The molecule has 31 heavy (non-hydrogen) atoms. The normalized spacial score (nSPS) is 13.0. The summed E-state index contributed by atoms with van der Waals surface area (Å²) in [5.41, 5.74) is 3.72. The molecule has 0 unspecified atom stereocenters. The molecule has 0 saturated heterocycles. The van der Waals surface area contributed by atoms with Crippen LogP contribution in [0.4, 0.5) is 5.69 Å². The molecule has 154 valence electrons. The summed E-state index contributed by atoms with van der Waals surface area (Å²) in [5.74, 6) is -0.974. The van der Waals surface area contributed by atoms with E-state index in [0.717, 1.165) is 5.52 Å². The number of imide groups is 1. The lowest BCUT2D eigenvalue weighted by molar-refractivity contribution is -0.105. The van der Waals surface area contributed by atoms with Crippen LogP contribution in [0.25, 0.3) is 32.9 Å². The van der Waals surface area contributed by atoms with Gasteiger partial charge in [0.2, 0.25) is 6.41 Å². The van der Waals surface area contributed by atoms with Crippen molar-refractivity contribution in [2.24, 2.45) is 0 Å². The first kappa shape index (κ1) is 19.3. The summed E-state index contributed by atoms with van der Waals surface area (Å²) in [4.78, 5) is 36.6. The fraction of sp³-hybridized carbons (Fsp3) is 0.0870. The molecule has 7 nitrogen and oxygen atoms in total. The molecule has 1 aliphatic heterocycles. The van der Waals surface area contributed by atoms with Gasteiger partial charge in [0.05, 0.1) is 23.3 Å². The maximum Gasteiger partial charge on any atom is 0.259 e. The van der Waals surface area contributed by atoms with Gasteiger partial charge in [-0.1, -0.05) is 29.8 Å². The van der Waals surface area contributed by atoms with Gasteiger partial charge in [0.15, 0.2) is 0 Å². The quantitative estimate of drug-likeness (QED) is 0.331. The average Bonchev–Trinajstić information content (AvgIpc) is 3.22. The Bertz CT molecular complexity index is 1420. The second-order valence-electron chi connectivity index (χ2n) is 7.20. The van der Waals surface area contributed by atoms with Gasteiger partial charge < -0.3 is 15.0 Å². The van der Waals surface area contributed by atoms with E-state index in [-0.39, 0.29) is 24.3 Å². The van der Waals surface area contributed by atoms with Crippen molar-refractivity contribution in [3.63, 3.8) is 0 Å². The van der Waals surface area contributed by atoms with Crippen LogP contribution >= 0.6 is 11.6 Å². The van der Waals surface area contributed by atoms with E-state index < -0.39 is 11.8 Å². The number of halogens is 1. The molecule has 3 amide bonds. The molecule has 5 rings (SSSR count). The summed E-state index contributed by atoms with van der Waals surface area (Å²) >= 11 is 6.43. The van der Waals surface area contributed by atoms with E-state index in [0.29, 0.717) is 44.5 Å². The third kappa shape index (κ3) is 2.82. The van der Waals surface area contributed by atoms with Crippen molar-refractivity contribution in [1.82, 2.24) is 9.88 Å². The summed E-state index contributed by atoms with van der Waals surface area (Å²) in [6.45, 7) is 0.174. The Kier molecular flexibility index (Phi) is 4.50. The molecular weight excluding hydrogens is 418 g/mol. The van der Waals surface area contributed by atoms with Crippen molar-refractivity contribution in [3.05, 3.63) is 64.7 Å². The van der Waals surface area contributed by atoms with Crippen LogP contribution in [-0.2, 0) is 11.3 Å². The minimum atomic E-state index is -0.490. The van der Waals surface area contributed by atoms with Gasteiger partial charge >= 0.3 is 0 Å². The number of rotatable bonds is 5. The lowest BCUT2D eigenvalue weighted by atomic mass is 9.93. The summed E-state index contributed by atoms with van der Waals surface area (Å²) < 4.78 is 1.89. The van der Waals surface area contributed by atoms with E-state index in [9.17, 15) is 19.5 Å². The van der Waals surface area contributed by atoms with Crippen LogP contribution in [0.5, 0.6) is 0 Å². The van der Waals surface area contributed by atoms with Gasteiger partial charge in [0.1, 0.15) is 0 Å². The van der Waals surface area contributed by atoms with Gasteiger partial charge in [0.25, 0.3) is 11.8 Å². The SMILES string of the molecule is O=CNc1ccc2c(c1)c1c3c(c(-c4ccccc4Cl)cc1n2CCO)C(=O)NC3=O. The van der Waals surface area contributed by atoms with Gasteiger partial charge in [-0.15, -0.1) is 0 Å². The Balaban J connectivity index is 1.98. The Labute approximate surface area is 181 Å². The number of aromatic nitrogens is 1. The molecule has 2 heterocycles. The standard InChI is InChI=1S/C23H16ClN3O4/c24-16-4-2-1-3-13(16)14-10-18-19(21-20(14)22(30)26-23(21)31)15-9-12(25-11-29)5-6-17(15)27(18)7-8-28/h1-6,9-11,28H,7-8H2,(H,25,29)(H,26,30,31). The van der Waals surface area contributed by atoms with Gasteiger partial charge in [-0.2, -0.15) is 0 Å². The number of hydrogen-bond donors (Lipinski definition) is 3. The highest BCUT2D eigenvalue weighted by molar-refractivity contribution is 6.36. The molecule has 0 radical (unpaired) electrons. The predicted molar refractivity (Wildman–Crippen MR) is 118 cm³/mol. The van der Waals surface area contributed by atoms with E-state index in [4.69, 9.17) is 11.6 Å². The highest BCUT2D eigenvalue weighted by atomic mass is 35.5. The zero-order valence-electron chi connectivity index (χ0n) is 16.1. The molecule has 0 saturated carbocycles. The number of hydrogen-bond acceptors (Lipinski definition) is 4. The fourth-order valence-corrected chi connectivity index (χ4v) is 4.58. The van der Waals surface area contributed by atoms with Crippen molar-refractivity contribution < 1.29 is 19.5 Å². The molecule has 0 atom stereocenters. The summed E-state index contributed by atoms with van der Waals surface area (Å²) in [7, 11) is 0. The van der Waals surface area contributed by atoms with Crippen LogP contribution in [0.15, 0.2) is 48.5 Å². The van der Waals surface area contributed by atoms with Crippen molar-refractivity contribution in [1.29, 1.82) is 0 Å². The van der Waals surface area contributed by atoms with E-state index >= 15 is 0 Å². The van der Waals surface area contributed by atoms with Crippen LogP contribution < -0.4 is 10.6 Å². The highest BCUT2D eigenvalue weighted by Gasteiger charge is 2.34. The first-order valence-corrected chi connectivity index (χ1v) is 9.97. The Morgan fingerprint density at radius 1 is 1.00 bits per heavy atom. The summed E-state index contributed by atoms with van der Waals surface area (Å²) in [6, 6.07) is 14.3. The molecule has 3 aromatic carbocycles. The second-order valence-corrected chi connectivity index (χ2v) is 7.61. The first-order valence-electron chi connectivity index (χ1n) is 9.59. The fourth-order valence-electron chi connectivity index (χ4n) is 4.34. The van der Waals surface area contributed by atoms with E-state index in [1.54, 1.807) is 30.3 Å². The van der Waals surface area contributed by atoms with Crippen LogP contribution in [0.3, 0.4) is 0 Å². The van der Waals surface area contributed by atoms with Gasteiger partial charge in [-0.3, -0.25) is 19.7 Å². The predicted octanol–water partition coefficient (Wildman–Crippen LogP) is 3.56. The number of anilines is 1. The molecule has 4 aromatic rings. The molecule has 1 aliphatic rings. The Morgan fingerprint density at radius 2 is 1.77 bits per heavy atom. The molecule has 8 heteroatoms. The van der Waals surface area contributed by atoms with Crippen molar-refractivity contribution in [2.45, 2.75) is 6.54 Å². The summed E-state index contributed by atoms with van der Waals surface area (Å²) in [5, 5.41) is 16.4. The summed E-state index contributed by atoms with van der Waals surface area (Å²) in [6.07, 6.45) is 0.574. The zero-order chi connectivity index (χ0) is 21.7. The minimum Gasteiger partial charge on any atom is -0.395 e. The third-order valence-electron chi connectivity index (χ3n) is 5.55. The number of amides is 3. The lowest BCUT2D eigenvalue weighted by Crippen LogP contribution is -2.20. The number of nitrogens with zero attached hydrogens (tertiary/aromatic N) is 1. The maximum absolute atomic E-state index is 12.9. The van der Waals surface area contributed by atoms with Crippen molar-refractivity contribution in [3.8, 4) is 11.1 Å². The lowest BCUT2D eigenvalue weighted by Gasteiger charge is -2.11.